The van der Waals surface area contributed by atoms with Crippen molar-refractivity contribution in [2.45, 2.75) is 12.5 Å². The van der Waals surface area contributed by atoms with E-state index in [0.717, 1.165) is 10.7 Å². The molecule has 1 N–H and O–H groups in total. The molecule has 1 unspecified atom stereocenters. The van der Waals surface area contributed by atoms with Gasteiger partial charge >= 0.3 is 0 Å². The molecule has 0 amide bonds. The molecule has 2 aromatic heterocycles. The number of fused-ring (bicyclic) bond motifs is 1. The van der Waals surface area contributed by atoms with Gasteiger partial charge in [0.05, 0.1) is 16.8 Å². The fourth-order valence-corrected chi connectivity index (χ4v) is 2.82. The van der Waals surface area contributed by atoms with Gasteiger partial charge in [-0.15, -0.1) is 11.3 Å². The van der Waals surface area contributed by atoms with Gasteiger partial charge in [0.1, 0.15) is 5.82 Å². The Bertz CT molecular complexity index is 696. The van der Waals surface area contributed by atoms with Crippen LogP contribution in [0.25, 0.3) is 4.96 Å². The van der Waals surface area contributed by atoms with Crippen LogP contribution in [0.1, 0.15) is 17.4 Å². The maximum Gasteiger partial charge on any atom is 0.193 e. The minimum atomic E-state index is -0.747. The van der Waals surface area contributed by atoms with E-state index in [9.17, 15) is 9.50 Å². The van der Waals surface area contributed by atoms with Gasteiger partial charge in [0, 0.05) is 24.2 Å². The van der Waals surface area contributed by atoms with Crippen LogP contribution in [0.4, 0.5) is 4.39 Å². The predicted molar refractivity (Wildman–Crippen MR) is 73.1 cm³/mol. The summed E-state index contributed by atoms with van der Waals surface area (Å²) < 4.78 is 15.0. The van der Waals surface area contributed by atoms with Crippen LogP contribution in [0.5, 0.6) is 0 Å². The van der Waals surface area contributed by atoms with E-state index in [-0.39, 0.29) is 5.02 Å². The van der Waals surface area contributed by atoms with Gasteiger partial charge in [-0.25, -0.2) is 9.37 Å². The second-order valence-corrected chi connectivity index (χ2v) is 5.50. The minimum Gasteiger partial charge on any atom is -0.388 e. The van der Waals surface area contributed by atoms with Gasteiger partial charge in [0.2, 0.25) is 0 Å². The van der Waals surface area contributed by atoms with Gasteiger partial charge in [0.15, 0.2) is 4.96 Å². The SMILES string of the molecule is OC(Cc1cn2ccsc2n1)c1ccc(F)c(Cl)c1. The number of hydrogen-bond donors (Lipinski definition) is 1. The molecule has 19 heavy (non-hydrogen) atoms. The zero-order valence-corrected chi connectivity index (χ0v) is 11.3. The molecule has 0 aliphatic heterocycles. The smallest absolute Gasteiger partial charge is 0.193 e. The number of halogens is 2. The Hall–Kier alpha value is -1.43. The Labute approximate surface area is 117 Å². The zero-order chi connectivity index (χ0) is 13.4. The van der Waals surface area contributed by atoms with Crippen molar-refractivity contribution in [3.63, 3.8) is 0 Å². The molecule has 1 atom stereocenters. The fraction of sp³-hybridized carbons (Fsp3) is 0.154. The summed E-state index contributed by atoms with van der Waals surface area (Å²) in [4.78, 5) is 5.28. The van der Waals surface area contributed by atoms with Crippen molar-refractivity contribution in [3.05, 3.63) is 58.1 Å². The molecule has 0 spiro atoms. The molecule has 98 valence electrons. The van der Waals surface area contributed by atoms with Gasteiger partial charge in [-0.05, 0) is 17.7 Å². The zero-order valence-electron chi connectivity index (χ0n) is 9.75. The first-order valence-electron chi connectivity index (χ1n) is 5.67. The molecule has 3 rings (SSSR count). The summed E-state index contributed by atoms with van der Waals surface area (Å²) in [5.74, 6) is -0.486. The number of aliphatic hydroxyl groups is 1. The summed E-state index contributed by atoms with van der Waals surface area (Å²) in [5.41, 5.74) is 1.38. The van der Waals surface area contributed by atoms with Gasteiger partial charge in [0.25, 0.3) is 0 Å². The molecule has 0 aliphatic carbocycles. The van der Waals surface area contributed by atoms with E-state index in [1.807, 2.05) is 22.2 Å². The lowest BCUT2D eigenvalue weighted by Crippen LogP contribution is -2.02. The van der Waals surface area contributed by atoms with Gasteiger partial charge in [-0.3, -0.25) is 4.40 Å². The van der Waals surface area contributed by atoms with E-state index in [2.05, 4.69) is 4.98 Å². The lowest BCUT2D eigenvalue weighted by Gasteiger charge is -2.09. The van der Waals surface area contributed by atoms with Crippen LogP contribution in [0.3, 0.4) is 0 Å². The molecule has 0 fully saturated rings. The number of thiazole rings is 1. The van der Waals surface area contributed by atoms with Crippen molar-refractivity contribution >= 4 is 27.9 Å². The van der Waals surface area contributed by atoms with Crippen molar-refractivity contribution in [1.82, 2.24) is 9.38 Å². The van der Waals surface area contributed by atoms with Crippen molar-refractivity contribution in [2.75, 3.05) is 0 Å². The molecule has 0 aliphatic rings. The molecular weight excluding hydrogens is 287 g/mol. The van der Waals surface area contributed by atoms with Gasteiger partial charge < -0.3 is 5.11 Å². The molecule has 6 heteroatoms. The Morgan fingerprint density at radius 1 is 1.47 bits per heavy atom. The quantitative estimate of drug-likeness (QED) is 0.803. The summed E-state index contributed by atoms with van der Waals surface area (Å²) in [5, 5.41) is 12.1. The molecule has 1 aromatic carbocycles. The highest BCUT2D eigenvalue weighted by atomic mass is 35.5. The highest BCUT2D eigenvalue weighted by molar-refractivity contribution is 7.15. The normalized spacial score (nSPS) is 13.0. The lowest BCUT2D eigenvalue weighted by atomic mass is 10.1. The third kappa shape index (κ3) is 2.49. The average molecular weight is 297 g/mol. The monoisotopic (exact) mass is 296 g/mol. The molecule has 0 radical (unpaired) electrons. The molecule has 0 saturated heterocycles. The second-order valence-electron chi connectivity index (χ2n) is 4.22. The molecule has 0 bridgehead atoms. The van der Waals surface area contributed by atoms with E-state index < -0.39 is 11.9 Å². The van der Waals surface area contributed by atoms with Crippen LogP contribution >= 0.6 is 22.9 Å². The van der Waals surface area contributed by atoms with Crippen LogP contribution in [-0.4, -0.2) is 14.5 Å². The number of aromatic nitrogens is 2. The largest absolute Gasteiger partial charge is 0.388 e. The number of nitrogens with zero attached hydrogens (tertiary/aromatic N) is 2. The van der Waals surface area contributed by atoms with Gasteiger partial charge in [-0.2, -0.15) is 0 Å². The second kappa shape index (κ2) is 4.92. The highest BCUT2D eigenvalue weighted by Crippen LogP contribution is 2.24. The number of benzene rings is 1. The average Bonchev–Trinajstić information content (AvgIpc) is 2.93. The van der Waals surface area contributed by atoms with Crippen LogP contribution in [0.15, 0.2) is 36.0 Å². The molecular formula is C13H10ClFN2OS. The molecule has 0 saturated carbocycles. The molecule has 3 aromatic rings. The number of imidazole rings is 1. The Balaban J connectivity index is 1.82. The number of hydrogen-bond acceptors (Lipinski definition) is 3. The van der Waals surface area contributed by atoms with E-state index in [0.29, 0.717) is 12.0 Å². The summed E-state index contributed by atoms with van der Waals surface area (Å²) in [7, 11) is 0. The first kappa shape index (κ1) is 12.6. The van der Waals surface area contributed by atoms with E-state index in [1.54, 1.807) is 0 Å². The van der Waals surface area contributed by atoms with Crippen LogP contribution in [0.2, 0.25) is 5.02 Å². The van der Waals surface area contributed by atoms with Crippen molar-refractivity contribution in [1.29, 1.82) is 0 Å². The van der Waals surface area contributed by atoms with E-state index in [4.69, 9.17) is 11.6 Å². The maximum atomic E-state index is 13.1. The van der Waals surface area contributed by atoms with E-state index >= 15 is 0 Å². The van der Waals surface area contributed by atoms with Crippen molar-refractivity contribution in [2.24, 2.45) is 0 Å². The highest BCUT2D eigenvalue weighted by Gasteiger charge is 2.13. The van der Waals surface area contributed by atoms with Crippen LogP contribution in [0, 0.1) is 5.82 Å². The van der Waals surface area contributed by atoms with Crippen LogP contribution < -0.4 is 0 Å². The minimum absolute atomic E-state index is 0.0161. The summed E-state index contributed by atoms with van der Waals surface area (Å²) in [6, 6.07) is 4.23. The molecule has 3 nitrogen and oxygen atoms in total. The summed E-state index contributed by atoms with van der Waals surface area (Å²) >= 11 is 7.24. The van der Waals surface area contributed by atoms with Crippen LogP contribution in [-0.2, 0) is 6.42 Å². The third-order valence-electron chi connectivity index (χ3n) is 2.87. The first-order chi connectivity index (χ1) is 9.13. The Morgan fingerprint density at radius 2 is 2.32 bits per heavy atom. The Morgan fingerprint density at radius 3 is 3.05 bits per heavy atom. The van der Waals surface area contributed by atoms with Crippen molar-refractivity contribution < 1.29 is 9.50 Å². The Kier molecular flexibility index (Phi) is 3.26. The first-order valence-corrected chi connectivity index (χ1v) is 6.93. The standard InChI is InChI=1S/C13H10ClFN2OS/c14-10-5-8(1-2-11(10)15)12(18)6-9-7-17-3-4-19-13(17)16-9/h1-5,7,12,18H,6H2. The summed E-state index contributed by atoms with van der Waals surface area (Å²) in [6.45, 7) is 0. The fourth-order valence-electron chi connectivity index (χ4n) is 1.91. The number of rotatable bonds is 3. The molecule has 2 heterocycles. The lowest BCUT2D eigenvalue weighted by molar-refractivity contribution is 0.177. The van der Waals surface area contributed by atoms with Crippen molar-refractivity contribution in [3.8, 4) is 0 Å². The van der Waals surface area contributed by atoms with Gasteiger partial charge in [-0.1, -0.05) is 17.7 Å². The number of aliphatic hydroxyl groups excluding tert-OH is 1. The predicted octanol–water partition coefficient (Wildman–Crippen LogP) is 3.46. The topological polar surface area (TPSA) is 37.5 Å². The third-order valence-corrected chi connectivity index (χ3v) is 3.93. The maximum absolute atomic E-state index is 13.1. The van der Waals surface area contributed by atoms with E-state index in [1.165, 1.54) is 29.5 Å². The summed E-state index contributed by atoms with van der Waals surface area (Å²) in [6.07, 6.45) is 3.41.